The van der Waals surface area contributed by atoms with Crippen LogP contribution < -0.4 is 11.1 Å². The van der Waals surface area contributed by atoms with Gasteiger partial charge < -0.3 is 35.8 Å². The standard InChI is InChI=1S/C26H39N7O2/c1-30-15-10-21(11-16-30)31(2)25(35)19-6-8-20(9-7-19)29-26(27)32(3)24-23(5-4-14-28-24)33-17-12-22(34)13-18-33/h4-9,14,21-22,24,28,34H,10-13,15-18H2,1-3H3,(H2,27,29). The van der Waals surface area contributed by atoms with Crippen LogP contribution in [0.5, 0.6) is 0 Å². The van der Waals surface area contributed by atoms with Crippen molar-refractivity contribution >= 4 is 17.6 Å². The van der Waals surface area contributed by atoms with Gasteiger partial charge in [-0.25, -0.2) is 4.99 Å². The number of aliphatic hydroxyl groups excluding tert-OH is 1. The van der Waals surface area contributed by atoms with Gasteiger partial charge in [0.2, 0.25) is 0 Å². The van der Waals surface area contributed by atoms with Crippen LogP contribution >= 0.6 is 0 Å². The van der Waals surface area contributed by atoms with Crippen molar-refractivity contribution in [3.05, 3.63) is 53.9 Å². The monoisotopic (exact) mass is 481 g/mol. The second-order valence-corrected chi connectivity index (χ2v) is 9.82. The minimum atomic E-state index is -0.222. The number of allylic oxidation sites excluding steroid dienone is 2. The Morgan fingerprint density at radius 1 is 1.06 bits per heavy atom. The molecular formula is C26H39N7O2. The predicted octanol–water partition coefficient (Wildman–Crippen LogP) is 1.51. The number of likely N-dealkylation sites (tertiary alicyclic amines) is 2. The molecule has 1 atom stereocenters. The van der Waals surface area contributed by atoms with Crippen LogP contribution in [0.1, 0.15) is 36.0 Å². The number of likely N-dealkylation sites (N-methyl/N-ethyl adjacent to an activating group) is 1. The molecule has 3 aliphatic rings. The van der Waals surface area contributed by atoms with Gasteiger partial charge in [-0.1, -0.05) is 0 Å². The van der Waals surface area contributed by atoms with E-state index >= 15 is 0 Å². The average Bonchev–Trinajstić information content (AvgIpc) is 2.89. The highest BCUT2D eigenvalue weighted by atomic mass is 16.3. The van der Waals surface area contributed by atoms with Crippen molar-refractivity contribution < 1.29 is 9.90 Å². The number of aliphatic hydroxyl groups is 1. The number of hydrogen-bond acceptors (Lipinski definition) is 6. The molecule has 1 aromatic carbocycles. The van der Waals surface area contributed by atoms with E-state index in [0.29, 0.717) is 17.2 Å². The summed E-state index contributed by atoms with van der Waals surface area (Å²) in [5.41, 5.74) is 8.87. The van der Waals surface area contributed by atoms with E-state index in [2.05, 4.69) is 33.2 Å². The first-order valence-electron chi connectivity index (χ1n) is 12.5. The summed E-state index contributed by atoms with van der Waals surface area (Å²) in [5.74, 6) is 0.419. The van der Waals surface area contributed by atoms with Crippen molar-refractivity contribution in [1.82, 2.24) is 24.9 Å². The number of piperidine rings is 2. The van der Waals surface area contributed by atoms with E-state index < -0.39 is 0 Å². The number of rotatable bonds is 5. The van der Waals surface area contributed by atoms with Gasteiger partial charge in [-0.05, 0) is 88.4 Å². The van der Waals surface area contributed by atoms with E-state index in [0.717, 1.165) is 57.6 Å². The summed E-state index contributed by atoms with van der Waals surface area (Å²) in [6.45, 7) is 3.66. The summed E-state index contributed by atoms with van der Waals surface area (Å²) in [4.78, 5) is 26.0. The predicted molar refractivity (Wildman–Crippen MR) is 139 cm³/mol. The third-order valence-electron chi connectivity index (χ3n) is 7.39. The Morgan fingerprint density at radius 2 is 1.71 bits per heavy atom. The molecule has 0 spiro atoms. The fraction of sp³-hybridized carbons (Fsp3) is 0.538. The van der Waals surface area contributed by atoms with Crippen molar-refractivity contribution in [2.75, 3.05) is 47.3 Å². The van der Waals surface area contributed by atoms with Gasteiger partial charge >= 0.3 is 0 Å². The Balaban J connectivity index is 1.40. The molecule has 4 N–H and O–H groups in total. The Hall–Kier alpha value is -3.04. The van der Waals surface area contributed by atoms with Gasteiger partial charge in [0.1, 0.15) is 6.17 Å². The van der Waals surface area contributed by atoms with E-state index in [9.17, 15) is 9.90 Å². The molecule has 9 nitrogen and oxygen atoms in total. The number of benzene rings is 1. The van der Waals surface area contributed by atoms with Crippen LogP contribution in [0.15, 0.2) is 53.3 Å². The molecule has 2 saturated heterocycles. The van der Waals surface area contributed by atoms with Crippen LogP contribution in [-0.2, 0) is 0 Å². The Morgan fingerprint density at radius 3 is 2.37 bits per heavy atom. The number of nitrogens with zero attached hydrogens (tertiary/aromatic N) is 5. The van der Waals surface area contributed by atoms with Crippen LogP contribution in [0, 0.1) is 0 Å². The third kappa shape index (κ3) is 5.97. The number of hydrogen-bond donors (Lipinski definition) is 3. The first-order chi connectivity index (χ1) is 16.8. The molecule has 190 valence electrons. The van der Waals surface area contributed by atoms with Crippen LogP contribution in [0.25, 0.3) is 0 Å². The number of guanidine groups is 1. The lowest BCUT2D eigenvalue weighted by atomic mass is 10.0. The zero-order chi connectivity index (χ0) is 24.9. The molecule has 0 radical (unpaired) electrons. The molecule has 0 bridgehead atoms. The highest BCUT2D eigenvalue weighted by molar-refractivity contribution is 5.94. The lowest BCUT2D eigenvalue weighted by Crippen LogP contribution is -2.53. The van der Waals surface area contributed by atoms with Gasteiger partial charge in [0.25, 0.3) is 5.91 Å². The molecule has 9 heteroatoms. The molecule has 1 aromatic rings. The maximum Gasteiger partial charge on any atom is 0.253 e. The van der Waals surface area contributed by atoms with Crippen LogP contribution in [0.4, 0.5) is 5.69 Å². The molecule has 1 unspecified atom stereocenters. The number of dihydropyridines is 1. The van der Waals surface area contributed by atoms with Crippen LogP contribution in [0.3, 0.4) is 0 Å². The van der Waals surface area contributed by atoms with E-state index in [4.69, 9.17) is 5.73 Å². The molecule has 0 saturated carbocycles. The number of nitrogens with two attached hydrogens (primary N) is 1. The largest absolute Gasteiger partial charge is 0.393 e. The Labute approximate surface area is 208 Å². The number of aliphatic imine (C=N–C) groups is 1. The van der Waals surface area contributed by atoms with Gasteiger partial charge in [0.05, 0.1) is 17.5 Å². The normalized spacial score (nSPS) is 22.5. The van der Waals surface area contributed by atoms with Crippen LogP contribution in [0.2, 0.25) is 0 Å². The molecule has 4 rings (SSSR count). The summed E-state index contributed by atoms with van der Waals surface area (Å²) < 4.78 is 0. The van der Waals surface area contributed by atoms with Crippen molar-refractivity contribution in [3.63, 3.8) is 0 Å². The van der Waals surface area contributed by atoms with E-state index in [1.54, 1.807) is 0 Å². The van der Waals surface area contributed by atoms with Gasteiger partial charge in [-0.15, -0.1) is 0 Å². The minimum Gasteiger partial charge on any atom is -0.393 e. The lowest BCUT2D eigenvalue weighted by molar-refractivity contribution is 0.0659. The summed E-state index contributed by atoms with van der Waals surface area (Å²) in [7, 11) is 5.94. The molecule has 35 heavy (non-hydrogen) atoms. The van der Waals surface area contributed by atoms with Gasteiger partial charge in [0, 0.05) is 38.8 Å². The third-order valence-corrected chi connectivity index (χ3v) is 7.39. The zero-order valence-electron chi connectivity index (χ0n) is 21.1. The highest BCUT2D eigenvalue weighted by Gasteiger charge is 2.28. The first kappa shape index (κ1) is 25.1. The Bertz CT molecular complexity index is 958. The van der Waals surface area contributed by atoms with E-state index in [-0.39, 0.29) is 24.2 Å². The SMILES string of the molecule is CN1CCC(N(C)C(=O)c2ccc(N=C(N)N(C)C3NC=CC=C3N3CCC(O)CC3)cc2)CC1. The Kier molecular flexibility index (Phi) is 7.97. The summed E-state index contributed by atoms with van der Waals surface area (Å²) in [5, 5.41) is 13.2. The summed E-state index contributed by atoms with van der Waals surface area (Å²) in [6, 6.07) is 7.61. The zero-order valence-corrected chi connectivity index (χ0v) is 21.1. The molecule has 3 aliphatic heterocycles. The topological polar surface area (TPSA) is 101 Å². The maximum absolute atomic E-state index is 13.0. The van der Waals surface area contributed by atoms with Gasteiger partial charge in [0.15, 0.2) is 5.96 Å². The van der Waals surface area contributed by atoms with Crippen molar-refractivity contribution in [1.29, 1.82) is 0 Å². The first-order valence-corrected chi connectivity index (χ1v) is 12.5. The van der Waals surface area contributed by atoms with Crippen molar-refractivity contribution in [2.45, 2.75) is 44.0 Å². The van der Waals surface area contributed by atoms with Gasteiger partial charge in [-0.3, -0.25) is 4.79 Å². The van der Waals surface area contributed by atoms with E-state index in [1.165, 1.54) is 0 Å². The van der Waals surface area contributed by atoms with Crippen LogP contribution in [-0.4, -0.2) is 102 Å². The lowest BCUT2D eigenvalue weighted by Gasteiger charge is -2.41. The maximum atomic E-state index is 13.0. The fourth-order valence-electron chi connectivity index (χ4n) is 4.96. The van der Waals surface area contributed by atoms with Gasteiger partial charge in [-0.2, -0.15) is 0 Å². The summed E-state index contributed by atoms with van der Waals surface area (Å²) >= 11 is 0. The molecule has 1 amide bonds. The molecule has 0 aromatic heterocycles. The number of carbonyl (C=O) groups is 1. The number of nitrogens with one attached hydrogen (secondary N) is 1. The molecule has 3 heterocycles. The molecule has 2 fully saturated rings. The highest BCUT2D eigenvalue weighted by Crippen LogP contribution is 2.23. The quantitative estimate of drug-likeness (QED) is 0.433. The average molecular weight is 482 g/mol. The van der Waals surface area contributed by atoms with Crippen molar-refractivity contribution in [2.24, 2.45) is 10.7 Å². The van der Waals surface area contributed by atoms with Crippen molar-refractivity contribution in [3.8, 4) is 0 Å². The number of carbonyl (C=O) groups excluding carboxylic acids is 1. The number of amides is 1. The summed E-state index contributed by atoms with van der Waals surface area (Å²) in [6.07, 6.45) is 9.13. The van der Waals surface area contributed by atoms with E-state index in [1.807, 2.05) is 60.4 Å². The molecular weight excluding hydrogens is 442 g/mol. The fourth-order valence-corrected chi connectivity index (χ4v) is 4.96. The molecule has 0 aliphatic carbocycles. The smallest absolute Gasteiger partial charge is 0.253 e. The minimum absolute atomic E-state index is 0.0415. The second-order valence-electron chi connectivity index (χ2n) is 9.82. The second kappa shape index (κ2) is 11.1.